The van der Waals surface area contributed by atoms with E-state index in [1.165, 1.54) is 11.3 Å². The van der Waals surface area contributed by atoms with Gasteiger partial charge in [-0.15, -0.1) is 0 Å². The van der Waals surface area contributed by atoms with E-state index in [1.54, 1.807) is 30.2 Å². The van der Waals surface area contributed by atoms with Crippen LogP contribution in [0.2, 0.25) is 5.02 Å². The molecule has 2 aromatic carbocycles. The molecule has 3 aromatic rings. The maximum atomic E-state index is 13.2. The van der Waals surface area contributed by atoms with Crippen LogP contribution < -0.4 is 9.64 Å². The Kier molecular flexibility index (Phi) is 6.37. The quantitative estimate of drug-likeness (QED) is 0.515. The lowest BCUT2D eigenvalue weighted by Gasteiger charge is -2.22. The minimum atomic E-state index is -0.104. The van der Waals surface area contributed by atoms with Crippen molar-refractivity contribution < 1.29 is 9.53 Å². The zero-order valence-corrected chi connectivity index (χ0v) is 18.4. The summed E-state index contributed by atoms with van der Waals surface area (Å²) < 4.78 is 7.07. The zero-order chi connectivity index (χ0) is 19.6. The lowest BCUT2D eigenvalue weighted by Crippen LogP contribution is -2.36. The lowest BCUT2D eigenvalue weighted by molar-refractivity contribution is 0.0985. The Hall–Kier alpha value is -1.67. The Morgan fingerprint density at radius 2 is 2.04 bits per heavy atom. The summed E-state index contributed by atoms with van der Waals surface area (Å²) in [6.45, 7) is 1.22. The van der Waals surface area contributed by atoms with Crippen LogP contribution in [0.3, 0.4) is 0 Å². The van der Waals surface area contributed by atoms with Crippen molar-refractivity contribution >= 4 is 60.1 Å². The molecule has 0 atom stereocenters. The molecule has 0 N–H and O–H groups in total. The zero-order valence-electron chi connectivity index (χ0n) is 15.2. The largest absolute Gasteiger partial charge is 0.494 e. The minimum Gasteiger partial charge on any atom is -0.494 e. The van der Waals surface area contributed by atoms with Gasteiger partial charge in [0, 0.05) is 23.1 Å². The molecule has 142 valence electrons. The summed E-state index contributed by atoms with van der Waals surface area (Å²) in [6.07, 6.45) is 0. The van der Waals surface area contributed by atoms with Crippen molar-refractivity contribution in [1.29, 1.82) is 0 Å². The summed E-state index contributed by atoms with van der Waals surface area (Å²) >= 11 is 11.2. The number of carbonyl (C=O) groups excluding carboxylic acids is 1. The molecule has 1 heterocycles. The number of likely N-dealkylation sites (N-methyl/N-ethyl adjacent to an activating group) is 1. The van der Waals surface area contributed by atoms with Gasteiger partial charge < -0.3 is 9.64 Å². The van der Waals surface area contributed by atoms with Crippen molar-refractivity contribution in [2.75, 3.05) is 39.2 Å². The first kappa shape index (κ1) is 20.1. The molecular weight excluding hydrogens is 450 g/mol. The summed E-state index contributed by atoms with van der Waals surface area (Å²) in [6, 6.07) is 10.9. The molecule has 0 saturated heterocycles. The van der Waals surface area contributed by atoms with Gasteiger partial charge in [-0.25, -0.2) is 4.98 Å². The molecule has 8 heteroatoms. The first-order valence-corrected chi connectivity index (χ1v) is 10.2. The van der Waals surface area contributed by atoms with E-state index >= 15 is 0 Å². The van der Waals surface area contributed by atoms with Crippen LogP contribution in [0.15, 0.2) is 40.9 Å². The number of fused-ring (bicyclic) bond motifs is 1. The van der Waals surface area contributed by atoms with Gasteiger partial charge in [-0.2, -0.15) is 0 Å². The number of nitrogens with zero attached hydrogens (tertiary/aromatic N) is 3. The van der Waals surface area contributed by atoms with Crippen molar-refractivity contribution in [3.05, 3.63) is 51.5 Å². The van der Waals surface area contributed by atoms with Gasteiger partial charge >= 0.3 is 0 Å². The summed E-state index contributed by atoms with van der Waals surface area (Å²) in [4.78, 5) is 21.6. The van der Waals surface area contributed by atoms with Crippen molar-refractivity contribution in [2.45, 2.75) is 0 Å². The van der Waals surface area contributed by atoms with Gasteiger partial charge in [0.15, 0.2) is 5.13 Å². The van der Waals surface area contributed by atoms with E-state index in [4.69, 9.17) is 16.3 Å². The summed E-state index contributed by atoms with van der Waals surface area (Å²) in [5.41, 5.74) is 1.27. The third-order valence-corrected chi connectivity index (χ3v) is 6.02. The predicted molar refractivity (Wildman–Crippen MR) is 116 cm³/mol. The van der Waals surface area contributed by atoms with Crippen LogP contribution in [-0.2, 0) is 0 Å². The molecule has 0 aliphatic heterocycles. The Morgan fingerprint density at radius 3 is 2.70 bits per heavy atom. The van der Waals surface area contributed by atoms with Gasteiger partial charge in [-0.1, -0.05) is 44.9 Å². The monoisotopic (exact) mass is 467 g/mol. The van der Waals surface area contributed by atoms with E-state index in [-0.39, 0.29) is 5.91 Å². The molecule has 5 nitrogen and oxygen atoms in total. The summed E-state index contributed by atoms with van der Waals surface area (Å²) in [5, 5.41) is 1.19. The second-order valence-corrected chi connectivity index (χ2v) is 8.49. The van der Waals surface area contributed by atoms with Gasteiger partial charge in [-0.3, -0.25) is 9.69 Å². The molecule has 27 heavy (non-hydrogen) atoms. The Balaban J connectivity index is 2.06. The molecule has 3 rings (SSSR count). The molecular formula is C19H19BrClN3O2S. The fourth-order valence-corrected chi connectivity index (χ4v) is 4.26. The van der Waals surface area contributed by atoms with Crippen molar-refractivity contribution in [3.8, 4) is 5.75 Å². The lowest BCUT2D eigenvalue weighted by atomic mass is 10.2. The Labute approximate surface area is 175 Å². The van der Waals surface area contributed by atoms with E-state index in [0.29, 0.717) is 40.1 Å². The highest BCUT2D eigenvalue weighted by Gasteiger charge is 2.23. The molecule has 0 aliphatic carbocycles. The van der Waals surface area contributed by atoms with Crippen LogP contribution in [0, 0.1) is 0 Å². The third-order valence-electron chi connectivity index (χ3n) is 3.99. The van der Waals surface area contributed by atoms with Crippen LogP contribution in [0.25, 0.3) is 10.2 Å². The molecule has 0 fully saturated rings. The average molecular weight is 469 g/mol. The SMILES string of the molecule is COc1ccc(Cl)c2sc(N(CCN(C)C)C(=O)c3cccc(Br)c3)nc12. The van der Waals surface area contributed by atoms with Gasteiger partial charge in [0.25, 0.3) is 5.91 Å². The van der Waals surface area contributed by atoms with Crippen LogP contribution in [0.4, 0.5) is 5.13 Å². The van der Waals surface area contributed by atoms with Crippen molar-refractivity contribution in [3.63, 3.8) is 0 Å². The molecule has 1 amide bonds. The number of rotatable bonds is 6. The number of thiazole rings is 1. The fourth-order valence-electron chi connectivity index (χ4n) is 2.58. The van der Waals surface area contributed by atoms with E-state index in [0.717, 1.165) is 9.17 Å². The first-order chi connectivity index (χ1) is 12.9. The van der Waals surface area contributed by atoms with Gasteiger partial charge in [0.05, 0.1) is 16.8 Å². The summed E-state index contributed by atoms with van der Waals surface area (Å²) in [7, 11) is 5.54. The maximum absolute atomic E-state index is 13.2. The molecule has 1 aromatic heterocycles. The highest BCUT2D eigenvalue weighted by Crippen LogP contribution is 2.39. The number of aromatic nitrogens is 1. The third kappa shape index (κ3) is 4.43. The number of carbonyl (C=O) groups is 1. The fraction of sp³-hybridized carbons (Fsp3) is 0.263. The second-order valence-electron chi connectivity index (χ2n) is 6.19. The number of amides is 1. The number of benzene rings is 2. The van der Waals surface area contributed by atoms with Crippen molar-refractivity contribution in [1.82, 2.24) is 9.88 Å². The van der Waals surface area contributed by atoms with Crippen LogP contribution >= 0.6 is 38.9 Å². The van der Waals surface area contributed by atoms with Crippen LogP contribution in [0.5, 0.6) is 5.75 Å². The number of anilines is 1. The van der Waals surface area contributed by atoms with Crippen LogP contribution in [-0.4, -0.2) is 50.1 Å². The van der Waals surface area contributed by atoms with E-state index in [2.05, 4.69) is 20.9 Å². The molecule has 0 saturated carbocycles. The second kappa shape index (κ2) is 8.56. The van der Waals surface area contributed by atoms with E-state index in [1.807, 2.05) is 37.2 Å². The smallest absolute Gasteiger partial charge is 0.260 e. The summed E-state index contributed by atoms with van der Waals surface area (Å²) in [5.74, 6) is 0.534. The molecule has 0 radical (unpaired) electrons. The number of methoxy groups -OCH3 is 1. The Morgan fingerprint density at radius 1 is 1.26 bits per heavy atom. The van der Waals surface area contributed by atoms with Crippen molar-refractivity contribution in [2.24, 2.45) is 0 Å². The molecule has 0 aliphatic rings. The molecule has 0 bridgehead atoms. The normalized spacial score (nSPS) is 11.2. The molecule has 0 unspecified atom stereocenters. The van der Waals surface area contributed by atoms with E-state index in [9.17, 15) is 4.79 Å². The molecule has 0 spiro atoms. The standard InChI is InChI=1S/C19H19BrClN3O2S/c1-23(2)9-10-24(18(25)12-5-4-6-13(20)11-12)19-22-16-15(26-3)8-7-14(21)17(16)27-19/h4-8,11H,9-10H2,1-3H3. The van der Waals surface area contributed by atoms with Gasteiger partial charge in [-0.05, 0) is 44.4 Å². The number of halogens is 2. The van der Waals surface area contributed by atoms with Gasteiger partial charge in [0.1, 0.15) is 11.3 Å². The van der Waals surface area contributed by atoms with Crippen LogP contribution in [0.1, 0.15) is 10.4 Å². The van der Waals surface area contributed by atoms with Gasteiger partial charge in [0.2, 0.25) is 0 Å². The minimum absolute atomic E-state index is 0.104. The first-order valence-electron chi connectivity index (χ1n) is 8.26. The average Bonchev–Trinajstić information content (AvgIpc) is 3.08. The topological polar surface area (TPSA) is 45.7 Å². The maximum Gasteiger partial charge on any atom is 0.260 e. The number of hydrogen-bond donors (Lipinski definition) is 0. The Bertz CT molecular complexity index is 977. The number of hydrogen-bond acceptors (Lipinski definition) is 5. The highest BCUT2D eigenvalue weighted by atomic mass is 79.9. The highest BCUT2D eigenvalue weighted by molar-refractivity contribution is 9.10. The number of ether oxygens (including phenoxy) is 1. The van der Waals surface area contributed by atoms with E-state index < -0.39 is 0 Å². The predicted octanol–water partition coefficient (Wildman–Crippen LogP) is 4.93.